The third-order valence-corrected chi connectivity index (χ3v) is 7.04. The fraction of sp³-hybridized carbons (Fsp3) is 0.345. The van der Waals surface area contributed by atoms with Crippen LogP contribution in [0.3, 0.4) is 0 Å². The number of amides is 1. The SMILES string of the molecule is COCCCN(C)C(=O)c1ccc(-c2c[nH]c3ncc(-c4ccc(N5CCN(C)CC5)cc4)nc23)cc1. The molecule has 0 unspecified atom stereocenters. The van der Waals surface area contributed by atoms with Crippen molar-refractivity contribution in [2.24, 2.45) is 0 Å². The van der Waals surface area contributed by atoms with Crippen LogP contribution in [0.1, 0.15) is 16.8 Å². The second-order valence-corrected chi connectivity index (χ2v) is 9.64. The Bertz CT molecular complexity index is 1340. The average Bonchev–Trinajstić information content (AvgIpc) is 3.37. The normalized spacial score (nSPS) is 14.3. The second kappa shape index (κ2) is 11.1. The standard InChI is InChI=1S/C29H34N6O2/c1-33-14-16-35(17-15-33)24-11-9-22(10-12-24)26-20-31-28-27(32-26)25(19-30-28)21-5-7-23(8-6-21)29(36)34(2)13-4-18-37-3/h5-12,19-20H,4,13-18H2,1-3H3,(H,30,31). The number of nitrogens with zero attached hydrogens (tertiary/aromatic N) is 5. The van der Waals surface area contributed by atoms with Crippen molar-refractivity contribution >= 4 is 22.8 Å². The number of rotatable bonds is 8. The lowest BCUT2D eigenvalue weighted by Crippen LogP contribution is -2.44. The van der Waals surface area contributed by atoms with Crippen molar-refractivity contribution < 1.29 is 9.53 Å². The summed E-state index contributed by atoms with van der Waals surface area (Å²) in [6.07, 6.45) is 4.55. The average molecular weight is 499 g/mol. The molecule has 1 saturated heterocycles. The highest BCUT2D eigenvalue weighted by Crippen LogP contribution is 2.29. The number of carbonyl (C=O) groups is 1. The van der Waals surface area contributed by atoms with Crippen molar-refractivity contribution in [1.29, 1.82) is 0 Å². The number of hydrogen-bond donors (Lipinski definition) is 1. The second-order valence-electron chi connectivity index (χ2n) is 9.64. The summed E-state index contributed by atoms with van der Waals surface area (Å²) < 4.78 is 5.08. The zero-order chi connectivity index (χ0) is 25.8. The lowest BCUT2D eigenvalue weighted by molar-refractivity contribution is 0.0779. The van der Waals surface area contributed by atoms with Gasteiger partial charge in [0.25, 0.3) is 5.91 Å². The largest absolute Gasteiger partial charge is 0.385 e. The van der Waals surface area contributed by atoms with Gasteiger partial charge in [-0.3, -0.25) is 4.79 Å². The van der Waals surface area contributed by atoms with Crippen molar-refractivity contribution in [2.75, 3.05) is 65.4 Å². The van der Waals surface area contributed by atoms with E-state index in [1.54, 1.807) is 12.0 Å². The highest BCUT2D eigenvalue weighted by molar-refractivity contribution is 5.96. The van der Waals surface area contributed by atoms with E-state index in [-0.39, 0.29) is 5.91 Å². The first-order valence-corrected chi connectivity index (χ1v) is 12.8. The van der Waals surface area contributed by atoms with Gasteiger partial charge >= 0.3 is 0 Å². The first kappa shape index (κ1) is 24.9. The number of hydrogen-bond acceptors (Lipinski definition) is 6. The Morgan fingerprint density at radius 3 is 2.43 bits per heavy atom. The van der Waals surface area contributed by atoms with E-state index in [0.29, 0.717) is 18.7 Å². The van der Waals surface area contributed by atoms with Gasteiger partial charge in [-0.1, -0.05) is 24.3 Å². The number of H-pyrrole nitrogens is 1. The predicted molar refractivity (Wildman–Crippen MR) is 148 cm³/mol. The lowest BCUT2D eigenvalue weighted by atomic mass is 10.0. The summed E-state index contributed by atoms with van der Waals surface area (Å²) >= 11 is 0. The molecule has 8 heteroatoms. The highest BCUT2D eigenvalue weighted by Gasteiger charge is 2.16. The van der Waals surface area contributed by atoms with Crippen LogP contribution in [0.25, 0.3) is 33.5 Å². The van der Waals surface area contributed by atoms with Gasteiger partial charge in [-0.25, -0.2) is 9.97 Å². The number of fused-ring (bicyclic) bond motifs is 1. The minimum Gasteiger partial charge on any atom is -0.385 e. The molecular formula is C29H34N6O2. The summed E-state index contributed by atoms with van der Waals surface area (Å²) in [6.45, 7) is 5.55. The van der Waals surface area contributed by atoms with Gasteiger partial charge in [0.15, 0.2) is 5.65 Å². The van der Waals surface area contributed by atoms with E-state index in [2.05, 4.69) is 51.1 Å². The number of methoxy groups -OCH3 is 1. The summed E-state index contributed by atoms with van der Waals surface area (Å²) in [4.78, 5) is 32.1. The van der Waals surface area contributed by atoms with Gasteiger partial charge < -0.3 is 24.4 Å². The Balaban J connectivity index is 1.34. The molecule has 1 amide bonds. The Morgan fingerprint density at radius 1 is 1.03 bits per heavy atom. The lowest BCUT2D eigenvalue weighted by Gasteiger charge is -2.34. The number of aromatic amines is 1. The van der Waals surface area contributed by atoms with Gasteiger partial charge in [0.2, 0.25) is 0 Å². The molecule has 0 spiro atoms. The molecule has 8 nitrogen and oxygen atoms in total. The van der Waals surface area contributed by atoms with Crippen molar-refractivity contribution in [3.8, 4) is 22.4 Å². The molecule has 0 aliphatic carbocycles. The molecule has 0 radical (unpaired) electrons. The minimum atomic E-state index is 0.00341. The molecule has 1 fully saturated rings. The molecule has 0 saturated carbocycles. The third kappa shape index (κ3) is 5.50. The minimum absolute atomic E-state index is 0.00341. The van der Waals surface area contributed by atoms with E-state index in [1.807, 2.05) is 43.7 Å². The van der Waals surface area contributed by atoms with Crippen LogP contribution in [0.2, 0.25) is 0 Å². The van der Waals surface area contributed by atoms with E-state index >= 15 is 0 Å². The summed E-state index contributed by atoms with van der Waals surface area (Å²) in [5, 5.41) is 0. The summed E-state index contributed by atoms with van der Waals surface area (Å²) in [5.41, 5.74) is 7.29. The monoisotopic (exact) mass is 498 g/mol. The van der Waals surface area contributed by atoms with Crippen molar-refractivity contribution in [1.82, 2.24) is 24.8 Å². The van der Waals surface area contributed by atoms with Gasteiger partial charge in [0, 0.05) is 82.1 Å². The van der Waals surface area contributed by atoms with Gasteiger partial charge in [0.05, 0.1) is 11.9 Å². The maximum absolute atomic E-state index is 12.7. The molecule has 4 aromatic rings. The quantitative estimate of drug-likeness (QED) is 0.368. The number of anilines is 1. The number of ether oxygens (including phenoxy) is 1. The van der Waals surface area contributed by atoms with Gasteiger partial charge in [-0.2, -0.15) is 0 Å². The summed E-state index contributed by atoms with van der Waals surface area (Å²) in [7, 11) is 5.66. The van der Waals surface area contributed by atoms with Crippen LogP contribution in [0.5, 0.6) is 0 Å². The molecule has 1 aliphatic heterocycles. The number of likely N-dealkylation sites (N-methyl/N-ethyl adjacent to an activating group) is 1. The molecule has 192 valence electrons. The maximum atomic E-state index is 12.7. The molecule has 0 atom stereocenters. The number of aromatic nitrogens is 3. The Labute approximate surface area is 217 Å². The Morgan fingerprint density at radius 2 is 1.73 bits per heavy atom. The fourth-order valence-electron chi connectivity index (χ4n) is 4.72. The third-order valence-electron chi connectivity index (χ3n) is 7.04. The summed E-state index contributed by atoms with van der Waals surface area (Å²) in [5.74, 6) is 0.00341. The van der Waals surface area contributed by atoms with Crippen LogP contribution >= 0.6 is 0 Å². The Kier molecular flexibility index (Phi) is 7.48. The van der Waals surface area contributed by atoms with Crippen LogP contribution in [-0.4, -0.2) is 91.2 Å². The first-order chi connectivity index (χ1) is 18.0. The van der Waals surface area contributed by atoms with Crippen LogP contribution in [0.15, 0.2) is 60.9 Å². The smallest absolute Gasteiger partial charge is 0.253 e. The van der Waals surface area contributed by atoms with Gasteiger partial charge in [-0.15, -0.1) is 0 Å². The number of piperazine rings is 1. The van der Waals surface area contributed by atoms with Gasteiger partial charge in [-0.05, 0) is 43.3 Å². The Hall–Kier alpha value is -3.75. The number of carbonyl (C=O) groups excluding carboxylic acids is 1. The topological polar surface area (TPSA) is 77.6 Å². The molecule has 37 heavy (non-hydrogen) atoms. The molecule has 2 aromatic heterocycles. The predicted octanol–water partition coefficient (Wildman–Crippen LogP) is 4.15. The molecular weight excluding hydrogens is 464 g/mol. The van der Waals surface area contributed by atoms with E-state index in [0.717, 1.165) is 66.1 Å². The van der Waals surface area contributed by atoms with E-state index < -0.39 is 0 Å². The molecule has 3 heterocycles. The molecule has 5 rings (SSSR count). The van der Waals surface area contributed by atoms with Crippen LogP contribution < -0.4 is 4.90 Å². The fourth-order valence-corrected chi connectivity index (χ4v) is 4.72. The van der Waals surface area contributed by atoms with Crippen molar-refractivity contribution in [2.45, 2.75) is 6.42 Å². The van der Waals surface area contributed by atoms with Crippen molar-refractivity contribution in [3.05, 3.63) is 66.5 Å². The van der Waals surface area contributed by atoms with Crippen LogP contribution in [-0.2, 0) is 4.74 Å². The molecule has 1 N–H and O–H groups in total. The molecule has 0 bridgehead atoms. The van der Waals surface area contributed by atoms with E-state index in [1.165, 1.54) is 5.69 Å². The molecule has 2 aromatic carbocycles. The maximum Gasteiger partial charge on any atom is 0.253 e. The van der Waals surface area contributed by atoms with E-state index in [4.69, 9.17) is 9.72 Å². The van der Waals surface area contributed by atoms with Crippen molar-refractivity contribution in [3.63, 3.8) is 0 Å². The zero-order valence-corrected chi connectivity index (χ0v) is 21.8. The van der Waals surface area contributed by atoms with E-state index in [9.17, 15) is 4.79 Å². The van der Waals surface area contributed by atoms with Crippen LogP contribution in [0.4, 0.5) is 5.69 Å². The first-order valence-electron chi connectivity index (χ1n) is 12.8. The number of nitrogens with one attached hydrogen (secondary N) is 1. The van der Waals surface area contributed by atoms with Crippen LogP contribution in [0, 0.1) is 0 Å². The highest BCUT2D eigenvalue weighted by atomic mass is 16.5. The van der Waals surface area contributed by atoms with Gasteiger partial charge in [0.1, 0.15) is 5.52 Å². The molecule has 1 aliphatic rings. The number of benzene rings is 2. The summed E-state index contributed by atoms with van der Waals surface area (Å²) in [6, 6.07) is 16.3. The zero-order valence-electron chi connectivity index (χ0n) is 21.8.